The van der Waals surface area contributed by atoms with Crippen LogP contribution in [0, 0.1) is 11.8 Å². The summed E-state index contributed by atoms with van der Waals surface area (Å²) < 4.78 is 5.21. The zero-order valence-electron chi connectivity index (χ0n) is 16.2. The zero-order valence-corrected chi connectivity index (χ0v) is 16.2. The molecule has 146 valence electrons. The highest BCUT2D eigenvalue weighted by atomic mass is 16.5. The lowest BCUT2D eigenvalue weighted by molar-refractivity contribution is -0.124. The SMILES string of the molecule is CC(C)CC(CO)NC(=O)[C@H](CC(C)C)NC(=O)OCc1ccccc1. The summed E-state index contributed by atoms with van der Waals surface area (Å²) in [6.07, 6.45) is 0.542. The van der Waals surface area contributed by atoms with Crippen LogP contribution in [0.5, 0.6) is 0 Å². The van der Waals surface area contributed by atoms with E-state index in [2.05, 4.69) is 10.6 Å². The predicted octanol–water partition coefficient (Wildman–Crippen LogP) is 2.85. The first-order valence-electron chi connectivity index (χ1n) is 9.20. The lowest BCUT2D eigenvalue weighted by atomic mass is 10.0. The molecule has 6 heteroatoms. The standard InChI is InChI=1S/C20H32N2O4/c1-14(2)10-17(12-23)21-19(24)18(11-15(3)4)22-20(25)26-13-16-8-6-5-7-9-16/h5-9,14-15,17-18,23H,10-13H2,1-4H3,(H,21,24)(H,22,25)/t17?,18-/m0/s1. The maximum atomic E-state index is 12.5. The van der Waals surface area contributed by atoms with Crippen molar-refractivity contribution in [3.8, 4) is 0 Å². The average molecular weight is 364 g/mol. The molecule has 2 amide bonds. The van der Waals surface area contributed by atoms with Crippen molar-refractivity contribution >= 4 is 12.0 Å². The number of carbonyl (C=O) groups is 2. The van der Waals surface area contributed by atoms with Gasteiger partial charge in [-0.25, -0.2) is 4.79 Å². The summed E-state index contributed by atoms with van der Waals surface area (Å²) in [5.74, 6) is 0.271. The highest BCUT2D eigenvalue weighted by molar-refractivity contribution is 5.85. The van der Waals surface area contributed by atoms with E-state index in [-0.39, 0.29) is 31.1 Å². The molecular weight excluding hydrogens is 332 g/mol. The van der Waals surface area contributed by atoms with Gasteiger partial charge in [0.2, 0.25) is 5.91 Å². The highest BCUT2D eigenvalue weighted by Crippen LogP contribution is 2.09. The molecule has 1 unspecified atom stereocenters. The molecule has 0 aliphatic heterocycles. The molecular formula is C20H32N2O4. The first kappa shape index (κ1) is 22.0. The van der Waals surface area contributed by atoms with Crippen LogP contribution < -0.4 is 10.6 Å². The molecule has 3 N–H and O–H groups in total. The van der Waals surface area contributed by atoms with Crippen LogP contribution in [0.25, 0.3) is 0 Å². The Morgan fingerprint density at radius 3 is 2.15 bits per heavy atom. The second-order valence-corrected chi connectivity index (χ2v) is 7.41. The molecule has 26 heavy (non-hydrogen) atoms. The van der Waals surface area contributed by atoms with E-state index < -0.39 is 12.1 Å². The van der Waals surface area contributed by atoms with Crippen molar-refractivity contribution < 1.29 is 19.4 Å². The molecule has 0 saturated carbocycles. The summed E-state index contributed by atoms with van der Waals surface area (Å²) in [6, 6.07) is 8.34. The molecule has 1 aromatic carbocycles. The van der Waals surface area contributed by atoms with Gasteiger partial charge in [0.15, 0.2) is 0 Å². The van der Waals surface area contributed by atoms with E-state index in [1.165, 1.54) is 0 Å². The number of rotatable bonds is 10. The number of aliphatic hydroxyl groups is 1. The van der Waals surface area contributed by atoms with Crippen molar-refractivity contribution in [1.82, 2.24) is 10.6 Å². The van der Waals surface area contributed by atoms with Crippen molar-refractivity contribution in [1.29, 1.82) is 0 Å². The van der Waals surface area contributed by atoms with Crippen LogP contribution in [0.2, 0.25) is 0 Å². The molecule has 0 bridgehead atoms. The predicted molar refractivity (Wildman–Crippen MR) is 101 cm³/mol. The third kappa shape index (κ3) is 8.85. The third-order valence-corrected chi connectivity index (χ3v) is 3.85. The van der Waals surface area contributed by atoms with Crippen molar-refractivity contribution in [2.45, 2.75) is 59.2 Å². The minimum absolute atomic E-state index is 0.128. The number of benzene rings is 1. The molecule has 1 aromatic rings. The van der Waals surface area contributed by atoms with E-state index in [4.69, 9.17) is 4.74 Å². The highest BCUT2D eigenvalue weighted by Gasteiger charge is 2.25. The Morgan fingerprint density at radius 1 is 1.00 bits per heavy atom. The van der Waals surface area contributed by atoms with E-state index in [0.29, 0.717) is 18.8 Å². The van der Waals surface area contributed by atoms with Gasteiger partial charge in [0, 0.05) is 0 Å². The topological polar surface area (TPSA) is 87.7 Å². The smallest absolute Gasteiger partial charge is 0.408 e. The van der Waals surface area contributed by atoms with Crippen LogP contribution in [-0.2, 0) is 16.1 Å². The molecule has 2 atom stereocenters. The van der Waals surface area contributed by atoms with E-state index in [9.17, 15) is 14.7 Å². The van der Waals surface area contributed by atoms with E-state index >= 15 is 0 Å². The number of aliphatic hydroxyl groups excluding tert-OH is 1. The fourth-order valence-electron chi connectivity index (χ4n) is 2.66. The molecule has 0 aliphatic carbocycles. The van der Waals surface area contributed by atoms with Gasteiger partial charge in [0.25, 0.3) is 0 Å². The Morgan fingerprint density at radius 2 is 1.62 bits per heavy atom. The maximum Gasteiger partial charge on any atom is 0.408 e. The number of alkyl carbamates (subject to hydrolysis) is 1. The van der Waals surface area contributed by atoms with Gasteiger partial charge < -0.3 is 20.5 Å². The monoisotopic (exact) mass is 364 g/mol. The summed E-state index contributed by atoms with van der Waals surface area (Å²) >= 11 is 0. The third-order valence-electron chi connectivity index (χ3n) is 3.85. The quantitative estimate of drug-likeness (QED) is 0.596. The minimum Gasteiger partial charge on any atom is -0.445 e. The normalized spacial score (nSPS) is 13.3. The Balaban J connectivity index is 2.60. The summed E-state index contributed by atoms with van der Waals surface area (Å²) in [7, 11) is 0. The van der Waals surface area contributed by atoms with Crippen molar-refractivity contribution in [2.75, 3.05) is 6.61 Å². The first-order chi connectivity index (χ1) is 12.3. The van der Waals surface area contributed by atoms with Crippen LogP contribution in [0.4, 0.5) is 4.79 Å². The fourth-order valence-corrected chi connectivity index (χ4v) is 2.66. The Labute approximate surface area is 156 Å². The molecule has 0 heterocycles. The molecule has 0 spiro atoms. The summed E-state index contributed by atoms with van der Waals surface area (Å²) in [6.45, 7) is 8.04. The van der Waals surface area contributed by atoms with Crippen LogP contribution in [0.3, 0.4) is 0 Å². The van der Waals surface area contributed by atoms with E-state index in [1.807, 2.05) is 58.0 Å². The van der Waals surface area contributed by atoms with Gasteiger partial charge in [-0.15, -0.1) is 0 Å². The van der Waals surface area contributed by atoms with Gasteiger partial charge in [0.05, 0.1) is 12.6 Å². The van der Waals surface area contributed by atoms with E-state index in [0.717, 1.165) is 5.56 Å². The van der Waals surface area contributed by atoms with Crippen molar-refractivity contribution in [3.63, 3.8) is 0 Å². The number of amides is 2. The molecule has 0 saturated heterocycles. The van der Waals surface area contributed by atoms with Gasteiger partial charge >= 0.3 is 6.09 Å². The first-order valence-corrected chi connectivity index (χ1v) is 9.20. The van der Waals surface area contributed by atoms with Crippen LogP contribution in [-0.4, -0.2) is 35.8 Å². The minimum atomic E-state index is -0.695. The Hall–Kier alpha value is -2.08. The number of ether oxygens (including phenoxy) is 1. The summed E-state index contributed by atoms with van der Waals surface area (Å²) in [5, 5.41) is 14.9. The molecule has 6 nitrogen and oxygen atoms in total. The van der Waals surface area contributed by atoms with Crippen LogP contribution in [0.1, 0.15) is 46.1 Å². The molecule has 0 radical (unpaired) electrons. The lowest BCUT2D eigenvalue weighted by Gasteiger charge is -2.24. The number of carbonyl (C=O) groups excluding carboxylic acids is 2. The van der Waals surface area contributed by atoms with Gasteiger partial charge in [-0.2, -0.15) is 0 Å². The van der Waals surface area contributed by atoms with Crippen molar-refractivity contribution in [2.24, 2.45) is 11.8 Å². The number of nitrogens with one attached hydrogen (secondary N) is 2. The Kier molecular flexibility index (Phi) is 9.73. The molecule has 1 rings (SSSR count). The van der Waals surface area contributed by atoms with Gasteiger partial charge in [-0.1, -0.05) is 58.0 Å². The molecule has 0 aliphatic rings. The van der Waals surface area contributed by atoms with Gasteiger partial charge in [-0.3, -0.25) is 4.79 Å². The average Bonchev–Trinajstić information content (AvgIpc) is 2.58. The second kappa shape index (κ2) is 11.5. The van der Waals surface area contributed by atoms with Gasteiger partial charge in [-0.05, 0) is 30.2 Å². The van der Waals surface area contributed by atoms with E-state index in [1.54, 1.807) is 0 Å². The largest absolute Gasteiger partial charge is 0.445 e. The van der Waals surface area contributed by atoms with Crippen molar-refractivity contribution in [3.05, 3.63) is 35.9 Å². The maximum absolute atomic E-state index is 12.5. The number of hydrogen-bond donors (Lipinski definition) is 3. The zero-order chi connectivity index (χ0) is 19.5. The van der Waals surface area contributed by atoms with Crippen LogP contribution >= 0.6 is 0 Å². The van der Waals surface area contributed by atoms with Gasteiger partial charge in [0.1, 0.15) is 12.6 Å². The summed E-state index contributed by atoms with van der Waals surface area (Å²) in [4.78, 5) is 24.6. The fraction of sp³-hybridized carbons (Fsp3) is 0.600. The summed E-state index contributed by atoms with van der Waals surface area (Å²) in [5.41, 5.74) is 0.879. The second-order valence-electron chi connectivity index (χ2n) is 7.41. The lowest BCUT2D eigenvalue weighted by Crippen LogP contribution is -2.51. The van der Waals surface area contributed by atoms with Crippen LogP contribution in [0.15, 0.2) is 30.3 Å². The molecule has 0 fully saturated rings. The molecule has 0 aromatic heterocycles. The number of hydrogen-bond acceptors (Lipinski definition) is 4. The Bertz CT molecular complexity index is 546.